The predicted octanol–water partition coefficient (Wildman–Crippen LogP) is 3.01. The second kappa shape index (κ2) is 9.71. The van der Waals surface area contributed by atoms with Crippen LogP contribution in [-0.2, 0) is 26.0 Å². The Kier molecular flexibility index (Phi) is 7.60. The number of esters is 1. The van der Waals surface area contributed by atoms with Crippen LogP contribution in [0.2, 0.25) is 0 Å². The van der Waals surface area contributed by atoms with Gasteiger partial charge in [0.15, 0.2) is 0 Å². The SMILES string of the molecule is CCOC(=O)C(CNS(=O)(=O)c1c(C)cc(OC)cc1C)Cc1ccccc1. The number of carbonyl (C=O) groups is 1. The third-order valence-electron chi connectivity index (χ3n) is 4.40. The van der Waals surface area contributed by atoms with E-state index < -0.39 is 21.9 Å². The van der Waals surface area contributed by atoms with Crippen molar-refractivity contribution >= 4 is 16.0 Å². The molecule has 0 spiro atoms. The third kappa shape index (κ3) is 5.56. The van der Waals surface area contributed by atoms with E-state index in [2.05, 4.69) is 4.72 Å². The number of nitrogens with one attached hydrogen (secondary N) is 1. The van der Waals surface area contributed by atoms with Crippen LogP contribution in [0.3, 0.4) is 0 Å². The van der Waals surface area contributed by atoms with Gasteiger partial charge in [-0.1, -0.05) is 30.3 Å². The Morgan fingerprint density at radius 3 is 2.25 bits per heavy atom. The standard InChI is InChI=1S/C21H27NO5S/c1-5-27-21(23)18(13-17-9-7-6-8-10-17)14-22-28(24,25)20-15(2)11-19(26-4)12-16(20)3/h6-12,18,22H,5,13-14H2,1-4H3. The van der Waals surface area contributed by atoms with Gasteiger partial charge in [0.1, 0.15) is 5.75 Å². The second-order valence-corrected chi connectivity index (χ2v) is 8.28. The van der Waals surface area contributed by atoms with Crippen molar-refractivity contribution in [3.05, 3.63) is 59.2 Å². The fourth-order valence-corrected chi connectivity index (χ4v) is 4.66. The summed E-state index contributed by atoms with van der Waals surface area (Å²) in [4.78, 5) is 12.5. The summed E-state index contributed by atoms with van der Waals surface area (Å²) in [5, 5.41) is 0. The molecule has 0 aliphatic rings. The van der Waals surface area contributed by atoms with Crippen LogP contribution < -0.4 is 9.46 Å². The lowest BCUT2D eigenvalue weighted by Gasteiger charge is -2.18. The first-order chi connectivity index (χ1) is 13.3. The molecule has 6 nitrogen and oxygen atoms in total. The van der Waals surface area contributed by atoms with E-state index in [1.54, 1.807) is 32.9 Å². The first-order valence-electron chi connectivity index (χ1n) is 9.14. The summed E-state index contributed by atoms with van der Waals surface area (Å²) in [5.74, 6) is -0.435. The van der Waals surface area contributed by atoms with E-state index in [1.807, 2.05) is 30.3 Å². The average molecular weight is 406 g/mol. The van der Waals surface area contributed by atoms with Crippen LogP contribution in [0.4, 0.5) is 0 Å². The lowest BCUT2D eigenvalue weighted by molar-refractivity contribution is -0.147. The number of aryl methyl sites for hydroxylation is 2. The highest BCUT2D eigenvalue weighted by Crippen LogP contribution is 2.25. The molecule has 1 N–H and O–H groups in total. The van der Waals surface area contributed by atoms with Gasteiger partial charge in [0.05, 0.1) is 24.5 Å². The number of methoxy groups -OCH3 is 1. The molecule has 2 rings (SSSR count). The molecular weight excluding hydrogens is 378 g/mol. The molecule has 1 atom stereocenters. The molecule has 0 aliphatic heterocycles. The Labute approximate surface area is 166 Å². The van der Waals surface area contributed by atoms with Gasteiger partial charge in [0.2, 0.25) is 10.0 Å². The van der Waals surface area contributed by atoms with Crippen LogP contribution in [0.1, 0.15) is 23.6 Å². The number of hydrogen-bond acceptors (Lipinski definition) is 5. The lowest BCUT2D eigenvalue weighted by atomic mass is 10.00. The Balaban J connectivity index is 2.22. The molecule has 0 saturated carbocycles. The molecule has 2 aromatic carbocycles. The Morgan fingerprint density at radius 1 is 1.11 bits per heavy atom. The Morgan fingerprint density at radius 2 is 1.71 bits per heavy atom. The molecule has 0 bridgehead atoms. The van der Waals surface area contributed by atoms with E-state index in [-0.39, 0.29) is 18.0 Å². The molecule has 1 unspecified atom stereocenters. The summed E-state index contributed by atoms with van der Waals surface area (Å²) < 4.78 is 38.7. The highest BCUT2D eigenvalue weighted by molar-refractivity contribution is 7.89. The van der Waals surface area contributed by atoms with Crippen molar-refractivity contribution < 1.29 is 22.7 Å². The highest BCUT2D eigenvalue weighted by Gasteiger charge is 2.26. The number of ether oxygens (including phenoxy) is 2. The zero-order valence-electron chi connectivity index (χ0n) is 16.7. The van der Waals surface area contributed by atoms with Crippen LogP contribution in [0, 0.1) is 19.8 Å². The third-order valence-corrected chi connectivity index (χ3v) is 6.13. The van der Waals surface area contributed by atoms with Crippen LogP contribution in [-0.4, -0.2) is 34.6 Å². The van der Waals surface area contributed by atoms with Crippen LogP contribution in [0.15, 0.2) is 47.4 Å². The van der Waals surface area contributed by atoms with Gasteiger partial charge in [0, 0.05) is 6.54 Å². The quantitative estimate of drug-likeness (QED) is 0.649. The first kappa shape index (κ1) is 21.9. The minimum absolute atomic E-state index is 0.0407. The number of rotatable bonds is 9. The maximum absolute atomic E-state index is 12.9. The van der Waals surface area contributed by atoms with Gasteiger partial charge < -0.3 is 9.47 Å². The van der Waals surface area contributed by atoms with Crippen molar-refractivity contribution in [1.29, 1.82) is 0 Å². The van der Waals surface area contributed by atoms with Gasteiger partial charge in [-0.25, -0.2) is 13.1 Å². The zero-order chi connectivity index (χ0) is 20.7. The monoisotopic (exact) mass is 405 g/mol. The van der Waals surface area contributed by atoms with E-state index in [9.17, 15) is 13.2 Å². The minimum Gasteiger partial charge on any atom is -0.497 e. The topological polar surface area (TPSA) is 81.7 Å². The molecule has 0 amide bonds. The van der Waals surface area contributed by atoms with Crippen LogP contribution in [0.25, 0.3) is 0 Å². The minimum atomic E-state index is -3.80. The van der Waals surface area contributed by atoms with E-state index in [4.69, 9.17) is 9.47 Å². The van der Waals surface area contributed by atoms with Gasteiger partial charge >= 0.3 is 5.97 Å². The van der Waals surface area contributed by atoms with Gasteiger partial charge in [-0.05, 0) is 56.0 Å². The fraction of sp³-hybridized carbons (Fsp3) is 0.381. The summed E-state index contributed by atoms with van der Waals surface area (Å²) in [5.41, 5.74) is 2.11. The number of sulfonamides is 1. The summed E-state index contributed by atoms with van der Waals surface area (Å²) in [6, 6.07) is 12.8. The summed E-state index contributed by atoms with van der Waals surface area (Å²) in [7, 11) is -2.26. The van der Waals surface area contributed by atoms with E-state index in [1.165, 1.54) is 7.11 Å². The number of benzene rings is 2. The molecule has 0 fully saturated rings. The predicted molar refractivity (Wildman–Crippen MR) is 108 cm³/mol. The molecule has 28 heavy (non-hydrogen) atoms. The summed E-state index contributed by atoms with van der Waals surface area (Å²) in [6.07, 6.45) is 0.392. The molecule has 0 saturated heterocycles. The smallest absolute Gasteiger partial charge is 0.310 e. The fourth-order valence-electron chi connectivity index (χ4n) is 3.13. The second-order valence-electron chi connectivity index (χ2n) is 6.58. The molecular formula is C21H27NO5S. The van der Waals surface area contributed by atoms with Crippen molar-refractivity contribution in [2.75, 3.05) is 20.3 Å². The molecule has 152 valence electrons. The Bertz CT molecular complexity index is 887. The van der Waals surface area contributed by atoms with E-state index >= 15 is 0 Å². The van der Waals surface area contributed by atoms with E-state index in [0.717, 1.165) is 5.56 Å². The average Bonchev–Trinajstić information content (AvgIpc) is 2.65. The summed E-state index contributed by atoms with van der Waals surface area (Å²) >= 11 is 0. The van der Waals surface area contributed by atoms with E-state index in [0.29, 0.717) is 23.3 Å². The Hall–Kier alpha value is -2.38. The van der Waals surface area contributed by atoms with Gasteiger partial charge in [-0.15, -0.1) is 0 Å². The molecule has 0 aliphatic carbocycles. The summed E-state index contributed by atoms with van der Waals surface area (Å²) in [6.45, 7) is 5.37. The highest BCUT2D eigenvalue weighted by atomic mass is 32.2. The lowest BCUT2D eigenvalue weighted by Crippen LogP contribution is -2.35. The van der Waals surface area contributed by atoms with Crippen molar-refractivity contribution in [2.24, 2.45) is 5.92 Å². The van der Waals surface area contributed by atoms with Gasteiger partial charge in [-0.2, -0.15) is 0 Å². The normalized spacial score (nSPS) is 12.4. The van der Waals surface area contributed by atoms with Crippen molar-refractivity contribution in [1.82, 2.24) is 4.72 Å². The molecule has 0 heterocycles. The van der Waals surface area contributed by atoms with Gasteiger partial charge in [-0.3, -0.25) is 4.79 Å². The first-order valence-corrected chi connectivity index (χ1v) is 10.6. The largest absolute Gasteiger partial charge is 0.497 e. The van der Waals surface area contributed by atoms with Crippen molar-refractivity contribution in [2.45, 2.75) is 32.1 Å². The number of hydrogen-bond donors (Lipinski definition) is 1. The van der Waals surface area contributed by atoms with Gasteiger partial charge in [0.25, 0.3) is 0 Å². The maximum atomic E-state index is 12.9. The molecule has 2 aromatic rings. The molecule has 0 radical (unpaired) electrons. The number of carbonyl (C=O) groups excluding carboxylic acids is 1. The van der Waals surface area contributed by atoms with Crippen LogP contribution in [0.5, 0.6) is 5.75 Å². The molecule has 7 heteroatoms. The molecule has 0 aromatic heterocycles. The van der Waals surface area contributed by atoms with Crippen molar-refractivity contribution in [3.8, 4) is 5.75 Å². The van der Waals surface area contributed by atoms with Crippen LogP contribution >= 0.6 is 0 Å². The van der Waals surface area contributed by atoms with Crippen molar-refractivity contribution in [3.63, 3.8) is 0 Å². The maximum Gasteiger partial charge on any atom is 0.310 e. The zero-order valence-corrected chi connectivity index (χ0v) is 17.5.